The molecule has 120 valence electrons. The number of thiophene rings is 1. The third kappa shape index (κ3) is 3.95. The number of anilines is 1. The van der Waals surface area contributed by atoms with Gasteiger partial charge in [0.15, 0.2) is 0 Å². The molecule has 6 nitrogen and oxygen atoms in total. The predicted molar refractivity (Wildman–Crippen MR) is 89.6 cm³/mol. The number of aromatic nitrogens is 1. The van der Waals surface area contributed by atoms with Crippen molar-refractivity contribution in [1.82, 2.24) is 9.88 Å². The zero-order valence-corrected chi connectivity index (χ0v) is 14.2. The smallest absolute Gasteiger partial charge is 0.239 e. The van der Waals surface area contributed by atoms with Gasteiger partial charge in [0.1, 0.15) is 22.2 Å². The number of hydrogen-bond acceptors (Lipinski definition) is 7. The molecule has 1 fully saturated rings. The van der Waals surface area contributed by atoms with Gasteiger partial charge in [-0.1, -0.05) is 0 Å². The summed E-state index contributed by atoms with van der Waals surface area (Å²) in [5.74, 6) is -0.111. The van der Waals surface area contributed by atoms with Crippen LogP contribution in [0.25, 0.3) is 0 Å². The normalized spacial score (nSPS) is 18.5. The van der Waals surface area contributed by atoms with Crippen LogP contribution < -0.4 is 5.32 Å². The van der Waals surface area contributed by atoms with Gasteiger partial charge in [0.05, 0.1) is 18.7 Å². The van der Waals surface area contributed by atoms with Crippen molar-refractivity contribution in [2.45, 2.75) is 13.0 Å². The number of aryl methyl sites for hydroxylation is 1. The quantitative estimate of drug-likeness (QED) is 0.918. The summed E-state index contributed by atoms with van der Waals surface area (Å²) in [4.78, 5) is 18.7. The summed E-state index contributed by atoms with van der Waals surface area (Å²) < 4.78 is 5.77. The minimum atomic E-state index is -0.111. The summed E-state index contributed by atoms with van der Waals surface area (Å²) in [6, 6.07) is 3.77. The average Bonchev–Trinajstić information content (AvgIpc) is 3.16. The van der Waals surface area contributed by atoms with E-state index in [1.807, 2.05) is 12.3 Å². The molecular formula is C15H16N4O2S2. The van der Waals surface area contributed by atoms with Gasteiger partial charge >= 0.3 is 0 Å². The van der Waals surface area contributed by atoms with Gasteiger partial charge in [-0.15, -0.1) is 22.7 Å². The van der Waals surface area contributed by atoms with Crippen LogP contribution >= 0.6 is 22.7 Å². The van der Waals surface area contributed by atoms with Gasteiger partial charge < -0.3 is 10.1 Å². The number of morpholine rings is 1. The van der Waals surface area contributed by atoms with E-state index in [2.05, 4.69) is 21.3 Å². The van der Waals surface area contributed by atoms with E-state index in [0.717, 1.165) is 10.7 Å². The number of hydrogen-bond donors (Lipinski definition) is 1. The van der Waals surface area contributed by atoms with Crippen LogP contribution in [0.5, 0.6) is 0 Å². The molecule has 2 aromatic rings. The molecule has 3 rings (SSSR count). The second kappa shape index (κ2) is 7.19. The third-order valence-corrected chi connectivity index (χ3v) is 5.35. The van der Waals surface area contributed by atoms with Crippen LogP contribution in [0.1, 0.15) is 22.4 Å². The molecule has 1 saturated heterocycles. The molecule has 0 unspecified atom stereocenters. The lowest BCUT2D eigenvalue weighted by Gasteiger charge is -2.31. The lowest BCUT2D eigenvalue weighted by molar-refractivity contribution is -0.119. The first-order chi connectivity index (χ1) is 11.2. The average molecular weight is 348 g/mol. The molecule has 0 spiro atoms. The van der Waals surface area contributed by atoms with Gasteiger partial charge in [-0.25, -0.2) is 4.98 Å². The van der Waals surface area contributed by atoms with Crippen molar-refractivity contribution < 1.29 is 9.53 Å². The van der Waals surface area contributed by atoms with E-state index in [1.54, 1.807) is 22.8 Å². The van der Waals surface area contributed by atoms with Crippen LogP contribution in [-0.2, 0) is 9.53 Å². The molecule has 3 heterocycles. The Hall–Kier alpha value is -1.79. The Labute approximate surface area is 142 Å². The summed E-state index contributed by atoms with van der Waals surface area (Å²) in [6.45, 7) is 4.19. The third-order valence-electron chi connectivity index (χ3n) is 3.47. The molecule has 0 radical (unpaired) electrons. The molecule has 1 atom stereocenters. The monoisotopic (exact) mass is 348 g/mol. The zero-order valence-electron chi connectivity index (χ0n) is 12.6. The van der Waals surface area contributed by atoms with Crippen molar-refractivity contribution in [2.24, 2.45) is 0 Å². The zero-order chi connectivity index (χ0) is 16.2. The van der Waals surface area contributed by atoms with Crippen LogP contribution in [0.4, 0.5) is 5.00 Å². The second-order valence-corrected chi connectivity index (χ2v) is 7.05. The number of nitriles is 1. The fourth-order valence-corrected chi connectivity index (χ4v) is 3.97. The number of ether oxygens (including phenoxy) is 1. The Morgan fingerprint density at radius 1 is 1.61 bits per heavy atom. The van der Waals surface area contributed by atoms with Crippen LogP contribution in [0.3, 0.4) is 0 Å². The standard InChI is InChI=1S/C15H16N4O2S2/c1-10-9-23-15(17-10)12-7-19(3-4-21-12)8-13(20)18-14-11(6-16)2-5-22-14/h2,5,9,12H,3-4,7-8H2,1H3,(H,18,20)/t12-/m1/s1. The lowest BCUT2D eigenvalue weighted by Crippen LogP contribution is -2.42. The first-order valence-corrected chi connectivity index (χ1v) is 8.95. The molecule has 8 heteroatoms. The molecule has 0 aromatic carbocycles. The van der Waals surface area contributed by atoms with Crippen LogP contribution in [0.2, 0.25) is 0 Å². The maximum atomic E-state index is 12.2. The minimum Gasteiger partial charge on any atom is -0.368 e. The Bertz CT molecular complexity index is 734. The van der Waals surface area contributed by atoms with E-state index < -0.39 is 0 Å². The van der Waals surface area contributed by atoms with Crippen LogP contribution in [0.15, 0.2) is 16.8 Å². The number of nitrogens with one attached hydrogen (secondary N) is 1. The largest absolute Gasteiger partial charge is 0.368 e. The van der Waals surface area contributed by atoms with Crippen molar-refractivity contribution >= 4 is 33.6 Å². The maximum Gasteiger partial charge on any atom is 0.239 e. The maximum absolute atomic E-state index is 12.2. The highest BCUT2D eigenvalue weighted by molar-refractivity contribution is 7.14. The first kappa shape index (κ1) is 16.1. The van der Waals surface area contributed by atoms with E-state index in [4.69, 9.17) is 10.00 Å². The molecule has 1 amide bonds. The number of thiazole rings is 1. The van der Waals surface area contributed by atoms with Crippen molar-refractivity contribution in [3.63, 3.8) is 0 Å². The first-order valence-electron chi connectivity index (χ1n) is 7.19. The molecule has 23 heavy (non-hydrogen) atoms. The van der Waals surface area contributed by atoms with E-state index >= 15 is 0 Å². The molecule has 2 aromatic heterocycles. The Balaban J connectivity index is 1.57. The predicted octanol–water partition coefficient (Wildman–Crippen LogP) is 2.40. The van der Waals surface area contributed by atoms with Crippen molar-refractivity contribution in [1.29, 1.82) is 5.26 Å². The fraction of sp³-hybridized carbons (Fsp3) is 0.400. The van der Waals surface area contributed by atoms with Gasteiger partial charge in [0.2, 0.25) is 5.91 Å². The van der Waals surface area contributed by atoms with E-state index in [1.165, 1.54) is 11.3 Å². The topological polar surface area (TPSA) is 78.2 Å². The fourth-order valence-electron chi connectivity index (χ4n) is 2.38. The van der Waals surface area contributed by atoms with Gasteiger partial charge in [-0.2, -0.15) is 5.26 Å². The van der Waals surface area contributed by atoms with E-state index in [-0.39, 0.29) is 18.6 Å². The summed E-state index contributed by atoms with van der Waals surface area (Å²) in [5, 5.41) is 17.2. The lowest BCUT2D eigenvalue weighted by atomic mass is 10.2. The molecular weight excluding hydrogens is 332 g/mol. The van der Waals surface area contributed by atoms with Crippen molar-refractivity contribution in [2.75, 3.05) is 31.6 Å². The highest BCUT2D eigenvalue weighted by atomic mass is 32.1. The molecule has 1 N–H and O–H groups in total. The number of nitrogens with zero attached hydrogens (tertiary/aromatic N) is 3. The highest BCUT2D eigenvalue weighted by Crippen LogP contribution is 2.25. The summed E-state index contributed by atoms with van der Waals surface area (Å²) >= 11 is 2.95. The molecule has 0 saturated carbocycles. The van der Waals surface area contributed by atoms with Crippen LogP contribution in [-0.4, -0.2) is 42.0 Å². The van der Waals surface area contributed by atoms with Crippen LogP contribution in [0, 0.1) is 18.3 Å². The summed E-state index contributed by atoms with van der Waals surface area (Å²) in [6.07, 6.45) is -0.0772. The minimum absolute atomic E-state index is 0.0772. The number of amides is 1. The molecule has 1 aliphatic rings. The SMILES string of the molecule is Cc1csc([C@H]2CN(CC(=O)Nc3sccc3C#N)CCO2)n1. The van der Waals surface area contributed by atoms with Crippen molar-refractivity contribution in [3.8, 4) is 6.07 Å². The highest BCUT2D eigenvalue weighted by Gasteiger charge is 2.25. The molecule has 1 aliphatic heterocycles. The van der Waals surface area contributed by atoms with E-state index in [0.29, 0.717) is 30.3 Å². The Morgan fingerprint density at radius 2 is 2.48 bits per heavy atom. The second-order valence-electron chi connectivity index (χ2n) is 5.25. The Kier molecular flexibility index (Phi) is 5.03. The van der Waals surface area contributed by atoms with Gasteiger partial charge in [-0.05, 0) is 18.4 Å². The van der Waals surface area contributed by atoms with Gasteiger partial charge in [0.25, 0.3) is 0 Å². The Morgan fingerprint density at radius 3 is 3.22 bits per heavy atom. The van der Waals surface area contributed by atoms with Crippen molar-refractivity contribution in [3.05, 3.63) is 33.1 Å². The number of carbonyl (C=O) groups is 1. The summed E-state index contributed by atoms with van der Waals surface area (Å²) in [5.41, 5.74) is 1.49. The summed E-state index contributed by atoms with van der Waals surface area (Å²) in [7, 11) is 0. The van der Waals surface area contributed by atoms with Gasteiger partial charge in [-0.3, -0.25) is 9.69 Å². The number of carbonyl (C=O) groups excluding carboxylic acids is 1. The molecule has 0 aliphatic carbocycles. The molecule has 0 bridgehead atoms. The van der Waals surface area contributed by atoms with E-state index in [9.17, 15) is 4.79 Å². The van der Waals surface area contributed by atoms with Gasteiger partial charge in [0, 0.05) is 24.2 Å². The number of rotatable bonds is 4.